The lowest BCUT2D eigenvalue weighted by molar-refractivity contribution is 0.0534. The number of piperazine rings is 1. The van der Waals surface area contributed by atoms with Gasteiger partial charge in [-0.3, -0.25) is 19.7 Å². The van der Waals surface area contributed by atoms with Crippen molar-refractivity contribution in [2.75, 3.05) is 26.2 Å². The van der Waals surface area contributed by atoms with Crippen molar-refractivity contribution in [3.05, 3.63) is 51.9 Å². The predicted molar refractivity (Wildman–Crippen MR) is 105 cm³/mol. The van der Waals surface area contributed by atoms with E-state index in [2.05, 4.69) is 20.2 Å². The zero-order chi connectivity index (χ0) is 19.7. The lowest BCUT2D eigenvalue weighted by Gasteiger charge is -2.34. The van der Waals surface area contributed by atoms with Gasteiger partial charge < -0.3 is 9.80 Å². The second-order valence-corrected chi connectivity index (χ2v) is 7.84. The SMILES string of the molecule is Cc1nc(C)c(C(=O)N2CCN(C(=O)c3cc(-c4ccncc4)n[nH]3)CC2)s1. The Bertz CT molecular complexity index is 1000. The third-order valence-corrected chi connectivity index (χ3v) is 5.80. The minimum atomic E-state index is -0.107. The van der Waals surface area contributed by atoms with Crippen molar-refractivity contribution < 1.29 is 9.59 Å². The Morgan fingerprint density at radius 3 is 2.29 bits per heavy atom. The summed E-state index contributed by atoms with van der Waals surface area (Å²) >= 11 is 1.42. The van der Waals surface area contributed by atoms with Gasteiger partial charge in [0, 0.05) is 44.1 Å². The van der Waals surface area contributed by atoms with Crippen LogP contribution in [0.25, 0.3) is 11.3 Å². The molecule has 0 saturated carbocycles. The minimum Gasteiger partial charge on any atom is -0.334 e. The molecule has 28 heavy (non-hydrogen) atoms. The molecule has 1 saturated heterocycles. The van der Waals surface area contributed by atoms with E-state index in [0.29, 0.717) is 42.4 Å². The van der Waals surface area contributed by atoms with Gasteiger partial charge in [0.05, 0.1) is 16.4 Å². The van der Waals surface area contributed by atoms with Crippen LogP contribution >= 0.6 is 11.3 Å². The number of aromatic nitrogens is 4. The van der Waals surface area contributed by atoms with Crippen molar-refractivity contribution >= 4 is 23.2 Å². The molecule has 0 atom stereocenters. The van der Waals surface area contributed by atoms with Crippen molar-refractivity contribution in [3.63, 3.8) is 0 Å². The van der Waals surface area contributed by atoms with Gasteiger partial charge in [-0.05, 0) is 32.0 Å². The molecule has 1 aliphatic rings. The fourth-order valence-corrected chi connectivity index (χ4v) is 4.15. The number of aromatic amines is 1. The maximum absolute atomic E-state index is 12.8. The van der Waals surface area contributed by atoms with E-state index in [1.54, 1.807) is 28.3 Å². The Morgan fingerprint density at radius 1 is 1.04 bits per heavy atom. The molecule has 3 aromatic rings. The fourth-order valence-electron chi connectivity index (χ4n) is 3.26. The molecule has 1 aliphatic heterocycles. The maximum atomic E-state index is 12.8. The second-order valence-electron chi connectivity index (χ2n) is 6.63. The summed E-state index contributed by atoms with van der Waals surface area (Å²) in [6.07, 6.45) is 3.38. The van der Waals surface area contributed by atoms with Gasteiger partial charge in [-0.25, -0.2) is 4.98 Å². The average Bonchev–Trinajstić information content (AvgIpc) is 3.34. The molecule has 4 rings (SSSR count). The number of carbonyl (C=O) groups excluding carboxylic acids is 2. The maximum Gasteiger partial charge on any atom is 0.272 e. The standard InChI is InChI=1S/C19H20N6O2S/c1-12-17(28-13(2)21-12)19(27)25-9-7-24(8-10-25)18(26)16-11-15(22-23-16)14-3-5-20-6-4-14/h3-6,11H,7-10H2,1-2H3,(H,22,23). The van der Waals surface area contributed by atoms with Crippen LogP contribution in [-0.2, 0) is 0 Å². The molecule has 0 aromatic carbocycles. The summed E-state index contributed by atoms with van der Waals surface area (Å²) in [6, 6.07) is 5.44. The van der Waals surface area contributed by atoms with Crippen LogP contribution in [-0.4, -0.2) is 68.0 Å². The average molecular weight is 396 g/mol. The first-order valence-electron chi connectivity index (χ1n) is 9.01. The normalized spacial score (nSPS) is 14.4. The first-order valence-corrected chi connectivity index (χ1v) is 9.83. The van der Waals surface area contributed by atoms with Gasteiger partial charge in [-0.1, -0.05) is 0 Å². The highest BCUT2D eigenvalue weighted by Crippen LogP contribution is 2.21. The Kier molecular flexibility index (Phi) is 4.91. The van der Waals surface area contributed by atoms with Gasteiger partial charge in [0.25, 0.3) is 11.8 Å². The molecule has 1 N–H and O–H groups in total. The quantitative estimate of drug-likeness (QED) is 0.732. The summed E-state index contributed by atoms with van der Waals surface area (Å²) in [6.45, 7) is 5.75. The van der Waals surface area contributed by atoms with E-state index in [1.165, 1.54) is 11.3 Å². The van der Waals surface area contributed by atoms with E-state index in [1.807, 2.05) is 26.0 Å². The Balaban J connectivity index is 1.40. The van der Waals surface area contributed by atoms with Crippen molar-refractivity contribution in [1.29, 1.82) is 0 Å². The molecule has 0 aliphatic carbocycles. The van der Waals surface area contributed by atoms with E-state index in [9.17, 15) is 9.59 Å². The molecule has 3 aromatic heterocycles. The van der Waals surface area contributed by atoms with Crippen molar-refractivity contribution in [1.82, 2.24) is 30.0 Å². The third-order valence-electron chi connectivity index (χ3n) is 4.74. The number of nitrogens with one attached hydrogen (secondary N) is 1. The summed E-state index contributed by atoms with van der Waals surface area (Å²) in [5.74, 6) is -0.110. The van der Waals surface area contributed by atoms with Crippen LogP contribution in [0, 0.1) is 13.8 Å². The van der Waals surface area contributed by atoms with Gasteiger partial charge in [0.2, 0.25) is 0 Å². The number of rotatable bonds is 3. The number of carbonyl (C=O) groups is 2. The zero-order valence-electron chi connectivity index (χ0n) is 15.7. The fraction of sp³-hybridized carbons (Fsp3) is 0.316. The lowest BCUT2D eigenvalue weighted by atomic mass is 10.2. The molecule has 9 heteroatoms. The molecule has 4 heterocycles. The summed E-state index contributed by atoms with van der Waals surface area (Å²) in [5, 5.41) is 7.94. The second kappa shape index (κ2) is 7.51. The molecule has 0 spiro atoms. The van der Waals surface area contributed by atoms with E-state index < -0.39 is 0 Å². The van der Waals surface area contributed by atoms with Crippen LogP contribution < -0.4 is 0 Å². The lowest BCUT2D eigenvalue weighted by Crippen LogP contribution is -2.50. The summed E-state index contributed by atoms with van der Waals surface area (Å²) in [4.78, 5) is 38.0. The largest absolute Gasteiger partial charge is 0.334 e. The number of nitrogens with zero attached hydrogens (tertiary/aromatic N) is 5. The Hall–Kier alpha value is -3.07. The molecular weight excluding hydrogens is 376 g/mol. The Labute approximate surface area is 166 Å². The van der Waals surface area contributed by atoms with Crippen LogP contribution in [0.15, 0.2) is 30.6 Å². The third kappa shape index (κ3) is 3.53. The number of aryl methyl sites for hydroxylation is 2. The van der Waals surface area contributed by atoms with E-state index in [-0.39, 0.29) is 11.8 Å². The first kappa shape index (κ1) is 18.3. The van der Waals surface area contributed by atoms with E-state index in [4.69, 9.17) is 0 Å². The number of thiazole rings is 1. The van der Waals surface area contributed by atoms with Gasteiger partial charge in [0.15, 0.2) is 0 Å². The number of hydrogen-bond acceptors (Lipinski definition) is 6. The molecule has 2 amide bonds. The molecule has 144 valence electrons. The van der Waals surface area contributed by atoms with Crippen LogP contribution in [0.5, 0.6) is 0 Å². The number of pyridine rings is 1. The first-order chi connectivity index (χ1) is 13.5. The highest BCUT2D eigenvalue weighted by atomic mass is 32.1. The number of hydrogen-bond donors (Lipinski definition) is 1. The van der Waals surface area contributed by atoms with Crippen molar-refractivity contribution in [3.8, 4) is 11.3 Å². The smallest absolute Gasteiger partial charge is 0.272 e. The molecule has 0 radical (unpaired) electrons. The zero-order valence-corrected chi connectivity index (χ0v) is 16.5. The van der Waals surface area contributed by atoms with Gasteiger partial charge in [-0.15, -0.1) is 11.3 Å². The van der Waals surface area contributed by atoms with Gasteiger partial charge in [0.1, 0.15) is 10.6 Å². The van der Waals surface area contributed by atoms with Crippen LogP contribution in [0.2, 0.25) is 0 Å². The number of H-pyrrole nitrogens is 1. The number of amides is 2. The minimum absolute atomic E-state index is 0.00304. The van der Waals surface area contributed by atoms with Crippen molar-refractivity contribution in [2.45, 2.75) is 13.8 Å². The molecule has 1 fully saturated rings. The molecule has 8 nitrogen and oxygen atoms in total. The summed E-state index contributed by atoms with van der Waals surface area (Å²) in [7, 11) is 0. The van der Waals surface area contributed by atoms with E-state index >= 15 is 0 Å². The highest BCUT2D eigenvalue weighted by molar-refractivity contribution is 7.13. The van der Waals surface area contributed by atoms with Crippen molar-refractivity contribution in [2.24, 2.45) is 0 Å². The molecular formula is C19H20N6O2S. The van der Waals surface area contributed by atoms with E-state index in [0.717, 1.165) is 16.3 Å². The monoisotopic (exact) mass is 396 g/mol. The molecule has 0 unspecified atom stereocenters. The summed E-state index contributed by atoms with van der Waals surface area (Å²) in [5.41, 5.74) is 2.82. The Morgan fingerprint density at radius 2 is 1.68 bits per heavy atom. The summed E-state index contributed by atoms with van der Waals surface area (Å²) < 4.78 is 0. The predicted octanol–water partition coefficient (Wildman–Crippen LogP) is 2.14. The topological polar surface area (TPSA) is 95.1 Å². The van der Waals surface area contributed by atoms with Gasteiger partial charge in [-0.2, -0.15) is 5.10 Å². The van der Waals surface area contributed by atoms with Crippen LogP contribution in [0.1, 0.15) is 30.9 Å². The van der Waals surface area contributed by atoms with Crippen LogP contribution in [0.3, 0.4) is 0 Å². The van der Waals surface area contributed by atoms with Crippen LogP contribution in [0.4, 0.5) is 0 Å². The van der Waals surface area contributed by atoms with Gasteiger partial charge >= 0.3 is 0 Å². The highest BCUT2D eigenvalue weighted by Gasteiger charge is 2.28. The molecule has 0 bridgehead atoms.